The standard InChI is InChI=1S/C12H23N3O/c1-9(2)6-7-10-13-14-11(8-16)15(10)12(3,4)5/h9,16H,6-8H2,1-5H3. The fourth-order valence-electron chi connectivity index (χ4n) is 1.81. The third kappa shape index (κ3) is 3.04. The molecule has 0 unspecified atom stereocenters. The zero-order valence-corrected chi connectivity index (χ0v) is 11.0. The van der Waals surface area contributed by atoms with E-state index in [1.54, 1.807) is 0 Å². The molecule has 92 valence electrons. The van der Waals surface area contributed by atoms with E-state index in [1.165, 1.54) is 0 Å². The second kappa shape index (κ2) is 4.95. The van der Waals surface area contributed by atoms with Crippen molar-refractivity contribution in [1.82, 2.24) is 14.8 Å². The van der Waals surface area contributed by atoms with Crippen molar-refractivity contribution in [1.29, 1.82) is 0 Å². The van der Waals surface area contributed by atoms with Gasteiger partial charge in [-0.2, -0.15) is 0 Å². The molecule has 0 radical (unpaired) electrons. The number of aromatic nitrogens is 3. The molecule has 0 spiro atoms. The molecule has 0 aromatic carbocycles. The predicted octanol–water partition coefficient (Wildman–Crippen LogP) is 2.11. The largest absolute Gasteiger partial charge is 0.388 e. The summed E-state index contributed by atoms with van der Waals surface area (Å²) < 4.78 is 2.05. The van der Waals surface area contributed by atoms with Gasteiger partial charge in [0.15, 0.2) is 5.82 Å². The molecule has 0 bridgehead atoms. The van der Waals surface area contributed by atoms with Crippen LogP contribution in [-0.2, 0) is 18.6 Å². The van der Waals surface area contributed by atoms with Crippen LogP contribution in [0.2, 0.25) is 0 Å². The second-order valence-electron chi connectivity index (χ2n) is 5.63. The zero-order valence-electron chi connectivity index (χ0n) is 11.0. The van der Waals surface area contributed by atoms with Gasteiger partial charge in [-0.1, -0.05) is 13.8 Å². The van der Waals surface area contributed by atoms with Crippen LogP contribution >= 0.6 is 0 Å². The van der Waals surface area contributed by atoms with Crippen molar-refractivity contribution in [2.24, 2.45) is 5.92 Å². The number of hydrogen-bond donors (Lipinski definition) is 1. The summed E-state index contributed by atoms with van der Waals surface area (Å²) in [6, 6.07) is 0. The summed E-state index contributed by atoms with van der Waals surface area (Å²) in [5.74, 6) is 2.29. The van der Waals surface area contributed by atoms with E-state index < -0.39 is 0 Å². The minimum atomic E-state index is -0.0755. The molecule has 4 heteroatoms. The minimum Gasteiger partial charge on any atom is -0.388 e. The van der Waals surface area contributed by atoms with E-state index in [0.29, 0.717) is 11.7 Å². The molecular weight excluding hydrogens is 202 g/mol. The van der Waals surface area contributed by atoms with Crippen molar-refractivity contribution in [3.8, 4) is 0 Å². The molecule has 1 aromatic heterocycles. The van der Waals surface area contributed by atoms with Crippen LogP contribution in [0.3, 0.4) is 0 Å². The number of rotatable bonds is 4. The first-order valence-corrected chi connectivity index (χ1v) is 5.90. The van der Waals surface area contributed by atoms with Crippen LogP contribution in [0.5, 0.6) is 0 Å². The van der Waals surface area contributed by atoms with Gasteiger partial charge in [0.05, 0.1) is 0 Å². The number of aliphatic hydroxyl groups excluding tert-OH is 1. The molecule has 0 aliphatic heterocycles. The van der Waals surface area contributed by atoms with Crippen LogP contribution in [-0.4, -0.2) is 19.9 Å². The lowest BCUT2D eigenvalue weighted by molar-refractivity contribution is 0.247. The van der Waals surface area contributed by atoms with Crippen molar-refractivity contribution < 1.29 is 5.11 Å². The van der Waals surface area contributed by atoms with Gasteiger partial charge < -0.3 is 9.67 Å². The van der Waals surface area contributed by atoms with Crippen LogP contribution in [0.25, 0.3) is 0 Å². The Morgan fingerprint density at radius 2 is 1.75 bits per heavy atom. The maximum absolute atomic E-state index is 9.25. The number of aryl methyl sites for hydroxylation is 1. The highest BCUT2D eigenvalue weighted by atomic mass is 16.3. The van der Waals surface area contributed by atoms with Crippen molar-refractivity contribution >= 4 is 0 Å². The molecule has 0 aliphatic rings. The van der Waals surface area contributed by atoms with E-state index in [0.717, 1.165) is 18.7 Å². The molecule has 1 rings (SSSR count). The van der Waals surface area contributed by atoms with E-state index in [4.69, 9.17) is 0 Å². The van der Waals surface area contributed by atoms with Crippen LogP contribution in [0.4, 0.5) is 0 Å². The minimum absolute atomic E-state index is 0.0497. The van der Waals surface area contributed by atoms with Gasteiger partial charge in [0.1, 0.15) is 12.4 Å². The Hall–Kier alpha value is -0.900. The van der Waals surface area contributed by atoms with Crippen LogP contribution in [0.1, 0.15) is 52.7 Å². The van der Waals surface area contributed by atoms with Gasteiger partial charge in [0.25, 0.3) is 0 Å². The smallest absolute Gasteiger partial charge is 0.159 e. The summed E-state index contributed by atoms with van der Waals surface area (Å²) in [6.07, 6.45) is 2.02. The summed E-state index contributed by atoms with van der Waals surface area (Å²) in [7, 11) is 0. The van der Waals surface area contributed by atoms with E-state index >= 15 is 0 Å². The molecule has 1 aromatic rings. The third-order valence-corrected chi connectivity index (χ3v) is 2.55. The molecule has 0 aliphatic carbocycles. The van der Waals surface area contributed by atoms with Crippen molar-refractivity contribution in [2.45, 2.75) is 59.6 Å². The Balaban J connectivity index is 2.96. The first-order chi connectivity index (χ1) is 7.36. The lowest BCUT2D eigenvalue weighted by Gasteiger charge is -2.24. The summed E-state index contributed by atoms with van der Waals surface area (Å²) >= 11 is 0. The molecule has 16 heavy (non-hydrogen) atoms. The van der Waals surface area contributed by atoms with Gasteiger partial charge in [0, 0.05) is 12.0 Å². The Morgan fingerprint density at radius 1 is 1.19 bits per heavy atom. The van der Waals surface area contributed by atoms with Crippen LogP contribution in [0, 0.1) is 5.92 Å². The van der Waals surface area contributed by atoms with E-state index in [9.17, 15) is 5.11 Å². The summed E-state index contributed by atoms with van der Waals surface area (Å²) in [5.41, 5.74) is -0.0755. The van der Waals surface area contributed by atoms with Gasteiger partial charge in [-0.05, 0) is 33.1 Å². The molecule has 4 nitrogen and oxygen atoms in total. The van der Waals surface area contributed by atoms with Gasteiger partial charge in [0.2, 0.25) is 0 Å². The maximum atomic E-state index is 9.25. The van der Waals surface area contributed by atoms with E-state index in [-0.39, 0.29) is 12.1 Å². The van der Waals surface area contributed by atoms with Crippen LogP contribution < -0.4 is 0 Å². The normalized spacial score (nSPS) is 12.4. The summed E-state index contributed by atoms with van der Waals surface area (Å²) in [4.78, 5) is 0. The average Bonchev–Trinajstić information content (AvgIpc) is 2.56. The fourth-order valence-corrected chi connectivity index (χ4v) is 1.81. The summed E-state index contributed by atoms with van der Waals surface area (Å²) in [6.45, 7) is 10.7. The Bertz CT molecular complexity index is 337. The highest BCUT2D eigenvalue weighted by molar-refractivity contribution is 5.00. The first-order valence-electron chi connectivity index (χ1n) is 5.90. The van der Waals surface area contributed by atoms with Crippen molar-refractivity contribution in [3.63, 3.8) is 0 Å². The highest BCUT2D eigenvalue weighted by Gasteiger charge is 2.22. The molecule has 0 atom stereocenters. The molecule has 1 N–H and O–H groups in total. The number of hydrogen-bond acceptors (Lipinski definition) is 3. The quantitative estimate of drug-likeness (QED) is 0.854. The first kappa shape index (κ1) is 13.2. The monoisotopic (exact) mass is 225 g/mol. The lowest BCUT2D eigenvalue weighted by atomic mass is 10.1. The van der Waals surface area contributed by atoms with E-state index in [1.807, 2.05) is 0 Å². The summed E-state index contributed by atoms with van der Waals surface area (Å²) in [5, 5.41) is 17.5. The molecule has 0 saturated heterocycles. The van der Waals surface area contributed by atoms with Gasteiger partial charge >= 0.3 is 0 Å². The zero-order chi connectivity index (χ0) is 12.3. The van der Waals surface area contributed by atoms with Gasteiger partial charge in [-0.3, -0.25) is 0 Å². The maximum Gasteiger partial charge on any atom is 0.159 e. The molecule has 0 saturated carbocycles. The SMILES string of the molecule is CC(C)CCc1nnc(CO)n1C(C)(C)C. The Morgan fingerprint density at radius 3 is 2.19 bits per heavy atom. The van der Waals surface area contributed by atoms with Crippen molar-refractivity contribution in [3.05, 3.63) is 11.6 Å². The second-order valence-corrected chi connectivity index (χ2v) is 5.63. The van der Waals surface area contributed by atoms with Crippen LogP contribution in [0.15, 0.2) is 0 Å². The fraction of sp³-hybridized carbons (Fsp3) is 0.833. The Kier molecular flexibility index (Phi) is 4.08. The molecular formula is C12H23N3O. The number of aliphatic hydroxyl groups is 1. The van der Waals surface area contributed by atoms with Gasteiger partial charge in [-0.15, -0.1) is 10.2 Å². The van der Waals surface area contributed by atoms with Gasteiger partial charge in [-0.25, -0.2) is 0 Å². The van der Waals surface area contributed by atoms with E-state index in [2.05, 4.69) is 49.4 Å². The topological polar surface area (TPSA) is 50.9 Å². The number of nitrogens with zero attached hydrogens (tertiary/aromatic N) is 3. The molecule has 1 heterocycles. The predicted molar refractivity (Wildman–Crippen MR) is 64.1 cm³/mol. The third-order valence-electron chi connectivity index (χ3n) is 2.55. The Labute approximate surface area is 97.7 Å². The molecule has 0 amide bonds. The molecule has 0 fully saturated rings. The average molecular weight is 225 g/mol. The van der Waals surface area contributed by atoms with Crippen molar-refractivity contribution in [2.75, 3.05) is 0 Å². The lowest BCUT2D eigenvalue weighted by Crippen LogP contribution is -2.26. The highest BCUT2D eigenvalue weighted by Crippen LogP contribution is 2.20.